The van der Waals surface area contributed by atoms with Crippen LogP contribution in [-0.2, 0) is 6.61 Å². The first-order valence-corrected chi connectivity index (χ1v) is 13.1. The van der Waals surface area contributed by atoms with E-state index in [0.717, 1.165) is 10.9 Å². The van der Waals surface area contributed by atoms with Gasteiger partial charge in [0.1, 0.15) is 12.2 Å². The van der Waals surface area contributed by atoms with E-state index in [2.05, 4.69) is 5.10 Å². The van der Waals surface area contributed by atoms with Crippen LogP contribution in [0.4, 0.5) is 0 Å². The minimum absolute atomic E-state index is 0.166. The highest BCUT2D eigenvalue weighted by molar-refractivity contribution is 6.35. The Morgan fingerprint density at radius 3 is 2.62 bits per heavy atom. The zero-order valence-corrected chi connectivity index (χ0v) is 22.7. The van der Waals surface area contributed by atoms with Gasteiger partial charge < -0.3 is 13.9 Å². The summed E-state index contributed by atoms with van der Waals surface area (Å²) in [4.78, 5) is 18.4. The summed E-state index contributed by atoms with van der Waals surface area (Å²) in [6.45, 7) is 0.166. The van der Waals surface area contributed by atoms with E-state index in [9.17, 15) is 4.79 Å². The summed E-state index contributed by atoms with van der Waals surface area (Å²) >= 11 is 12.4. The van der Waals surface area contributed by atoms with Crippen molar-refractivity contribution in [1.82, 2.24) is 9.66 Å². The average molecular weight is 570 g/mol. The van der Waals surface area contributed by atoms with Crippen molar-refractivity contribution in [1.29, 1.82) is 0 Å². The van der Waals surface area contributed by atoms with Gasteiger partial charge in [-0.15, -0.1) is 0 Å². The number of benzene rings is 4. The molecule has 0 aliphatic rings. The van der Waals surface area contributed by atoms with E-state index in [1.54, 1.807) is 49.6 Å². The molecule has 0 fully saturated rings. The molecule has 0 unspecified atom stereocenters. The standard InChI is InChI=1S/C31H21Cl2N3O4/c1-38-27-12-6-8-20(29(27)39-18-21-13-14-22(32)16-24(21)33)17-34-36-30(28-15-19-7-2-5-11-26(19)40-28)35-25-10-4-3-9-23(25)31(36)37/h2-17H,18H2,1H3. The minimum Gasteiger partial charge on any atom is -0.493 e. The second-order valence-corrected chi connectivity index (χ2v) is 9.71. The molecule has 0 radical (unpaired) electrons. The second-order valence-electron chi connectivity index (χ2n) is 8.87. The zero-order valence-electron chi connectivity index (χ0n) is 21.2. The van der Waals surface area contributed by atoms with Gasteiger partial charge in [-0.25, -0.2) is 4.98 Å². The van der Waals surface area contributed by atoms with Crippen molar-refractivity contribution in [2.45, 2.75) is 6.61 Å². The first-order chi connectivity index (χ1) is 19.5. The van der Waals surface area contributed by atoms with Crippen LogP contribution >= 0.6 is 23.2 Å². The lowest BCUT2D eigenvalue weighted by Gasteiger charge is -2.14. The highest BCUT2D eigenvalue weighted by Gasteiger charge is 2.17. The van der Waals surface area contributed by atoms with E-state index in [0.29, 0.717) is 49.4 Å². The number of methoxy groups -OCH3 is 1. The molecule has 0 saturated carbocycles. The number of para-hydroxylation sites is 3. The zero-order chi connectivity index (χ0) is 27.6. The van der Waals surface area contributed by atoms with Crippen molar-refractivity contribution in [3.8, 4) is 23.1 Å². The Bertz CT molecular complexity index is 1930. The molecule has 0 aliphatic carbocycles. The van der Waals surface area contributed by atoms with E-state index in [1.165, 1.54) is 10.9 Å². The first-order valence-electron chi connectivity index (χ1n) is 12.3. The molecule has 0 N–H and O–H groups in total. The van der Waals surface area contributed by atoms with Crippen molar-refractivity contribution in [2.24, 2.45) is 5.10 Å². The van der Waals surface area contributed by atoms with Crippen molar-refractivity contribution < 1.29 is 13.9 Å². The lowest BCUT2D eigenvalue weighted by molar-refractivity contribution is 0.284. The fourth-order valence-corrected chi connectivity index (χ4v) is 4.80. The number of aromatic nitrogens is 2. The maximum absolute atomic E-state index is 13.6. The molecule has 0 atom stereocenters. The highest BCUT2D eigenvalue weighted by Crippen LogP contribution is 2.32. The molecule has 0 saturated heterocycles. The van der Waals surface area contributed by atoms with E-state index < -0.39 is 0 Å². The molecular weight excluding hydrogens is 549 g/mol. The monoisotopic (exact) mass is 569 g/mol. The van der Waals surface area contributed by atoms with Gasteiger partial charge >= 0.3 is 0 Å². The summed E-state index contributed by atoms with van der Waals surface area (Å²) in [5.74, 6) is 1.62. The fourth-order valence-electron chi connectivity index (χ4n) is 4.34. The predicted octanol–water partition coefficient (Wildman–Crippen LogP) is 7.59. The average Bonchev–Trinajstić information content (AvgIpc) is 3.40. The van der Waals surface area contributed by atoms with Gasteiger partial charge in [-0.3, -0.25) is 4.79 Å². The lowest BCUT2D eigenvalue weighted by atomic mass is 10.2. The molecule has 2 heterocycles. The van der Waals surface area contributed by atoms with Crippen molar-refractivity contribution in [2.75, 3.05) is 7.11 Å². The topological polar surface area (TPSA) is 78.9 Å². The summed E-state index contributed by atoms with van der Waals surface area (Å²) in [5.41, 5.74) is 2.22. The van der Waals surface area contributed by atoms with Crippen LogP contribution in [0.15, 0.2) is 105 Å². The van der Waals surface area contributed by atoms with E-state index in [-0.39, 0.29) is 18.0 Å². The van der Waals surface area contributed by atoms with Crippen LogP contribution in [0.2, 0.25) is 10.0 Å². The molecule has 198 valence electrons. The lowest BCUT2D eigenvalue weighted by Crippen LogP contribution is -2.20. The molecule has 0 aliphatic heterocycles. The molecule has 7 nitrogen and oxygen atoms in total. The molecule has 40 heavy (non-hydrogen) atoms. The Morgan fingerprint density at radius 1 is 0.975 bits per heavy atom. The third-order valence-corrected chi connectivity index (χ3v) is 6.92. The molecular formula is C31H21Cl2N3O4. The maximum Gasteiger partial charge on any atom is 0.282 e. The van der Waals surface area contributed by atoms with Gasteiger partial charge in [0.25, 0.3) is 5.56 Å². The van der Waals surface area contributed by atoms with Crippen LogP contribution in [-0.4, -0.2) is 23.0 Å². The van der Waals surface area contributed by atoms with Gasteiger partial charge in [0.05, 0.1) is 24.2 Å². The second kappa shape index (κ2) is 10.9. The van der Waals surface area contributed by atoms with Gasteiger partial charge in [0, 0.05) is 26.6 Å². The van der Waals surface area contributed by atoms with E-state index >= 15 is 0 Å². The molecule has 0 amide bonds. The van der Waals surface area contributed by atoms with E-state index in [1.807, 2.05) is 48.5 Å². The van der Waals surface area contributed by atoms with Crippen molar-refractivity contribution in [3.63, 3.8) is 0 Å². The molecule has 0 bridgehead atoms. The van der Waals surface area contributed by atoms with Crippen molar-refractivity contribution >= 4 is 51.3 Å². The molecule has 0 spiro atoms. The Balaban J connectivity index is 1.45. The third kappa shape index (κ3) is 4.93. The van der Waals surface area contributed by atoms with Gasteiger partial charge in [0.2, 0.25) is 5.82 Å². The van der Waals surface area contributed by atoms with Gasteiger partial charge in [-0.05, 0) is 48.5 Å². The normalized spacial score (nSPS) is 11.5. The predicted molar refractivity (Wildman–Crippen MR) is 158 cm³/mol. The number of nitrogens with zero attached hydrogens (tertiary/aromatic N) is 3. The summed E-state index contributed by atoms with van der Waals surface area (Å²) in [7, 11) is 1.55. The number of fused-ring (bicyclic) bond motifs is 2. The van der Waals surface area contributed by atoms with Crippen LogP contribution in [0.3, 0.4) is 0 Å². The largest absolute Gasteiger partial charge is 0.493 e. The molecule has 6 rings (SSSR count). The third-order valence-electron chi connectivity index (χ3n) is 6.33. The minimum atomic E-state index is -0.337. The number of rotatable bonds is 7. The van der Waals surface area contributed by atoms with Crippen LogP contribution in [0.5, 0.6) is 11.5 Å². The number of hydrogen-bond acceptors (Lipinski definition) is 6. The van der Waals surface area contributed by atoms with Gasteiger partial charge in [-0.2, -0.15) is 9.78 Å². The molecule has 4 aromatic carbocycles. The number of halogens is 2. The summed E-state index contributed by atoms with van der Waals surface area (Å²) in [6, 6.07) is 27.2. The number of ether oxygens (including phenoxy) is 2. The van der Waals surface area contributed by atoms with Crippen LogP contribution < -0.4 is 15.0 Å². The number of furan rings is 1. The van der Waals surface area contributed by atoms with Gasteiger partial charge in [0.15, 0.2) is 17.3 Å². The van der Waals surface area contributed by atoms with Crippen molar-refractivity contribution in [3.05, 3.63) is 123 Å². The molecule has 6 aromatic rings. The fraction of sp³-hybridized carbons (Fsp3) is 0.0645. The molecule has 9 heteroatoms. The Labute approximate surface area is 238 Å². The number of hydrogen-bond donors (Lipinski definition) is 0. The van der Waals surface area contributed by atoms with E-state index in [4.69, 9.17) is 42.1 Å². The Hall–Kier alpha value is -4.59. The highest BCUT2D eigenvalue weighted by atomic mass is 35.5. The first kappa shape index (κ1) is 25.7. The quantitative estimate of drug-likeness (QED) is 0.185. The Morgan fingerprint density at radius 2 is 1.80 bits per heavy atom. The van der Waals surface area contributed by atoms with Gasteiger partial charge in [-0.1, -0.05) is 65.7 Å². The van der Waals surface area contributed by atoms with Crippen LogP contribution in [0.25, 0.3) is 33.5 Å². The maximum atomic E-state index is 13.6. The smallest absolute Gasteiger partial charge is 0.282 e. The van der Waals surface area contributed by atoms with Crippen LogP contribution in [0.1, 0.15) is 11.1 Å². The van der Waals surface area contributed by atoms with Crippen LogP contribution in [0, 0.1) is 0 Å². The molecule has 2 aromatic heterocycles. The summed E-state index contributed by atoms with van der Waals surface area (Å²) in [5, 5.41) is 6.91. The summed E-state index contributed by atoms with van der Waals surface area (Å²) < 4.78 is 19.0. The Kier molecular flexibility index (Phi) is 6.99. The summed E-state index contributed by atoms with van der Waals surface area (Å²) in [6.07, 6.45) is 1.53. The SMILES string of the molecule is COc1cccc(C=Nn2c(-c3cc4ccccc4o3)nc3ccccc3c2=O)c1OCc1ccc(Cl)cc1Cl.